The molecule has 0 atom stereocenters. The van der Waals surface area contributed by atoms with Crippen molar-refractivity contribution in [2.24, 2.45) is 0 Å². The van der Waals surface area contributed by atoms with Crippen LogP contribution >= 0.6 is 0 Å². The molecule has 112 heavy (non-hydrogen) atoms. The van der Waals surface area contributed by atoms with Gasteiger partial charge in [-0.2, -0.15) is 0 Å². The second-order valence-corrected chi connectivity index (χ2v) is 28.3. The molecule has 0 aliphatic carbocycles. The molecular formula is C103H67N9. The summed E-state index contributed by atoms with van der Waals surface area (Å²) in [7, 11) is 0. The Bertz CT molecular complexity index is 6760. The minimum atomic E-state index is 0.657. The molecule has 22 rings (SSSR count). The van der Waals surface area contributed by atoms with Crippen LogP contribution in [0.5, 0.6) is 0 Å². The molecule has 0 N–H and O–H groups in total. The van der Waals surface area contributed by atoms with E-state index in [0.29, 0.717) is 11.6 Å². The van der Waals surface area contributed by atoms with Crippen molar-refractivity contribution < 1.29 is 0 Å². The highest BCUT2D eigenvalue weighted by molar-refractivity contribution is 6.22. The normalized spacial score (nSPS) is 11.6. The summed E-state index contributed by atoms with van der Waals surface area (Å²) in [4.78, 5) is 26.1. The number of nitrogens with zero attached hydrogens (tertiary/aromatic N) is 9. The average molecular weight is 1430 g/mol. The van der Waals surface area contributed by atoms with Crippen molar-refractivity contribution in [3.8, 4) is 113 Å². The van der Waals surface area contributed by atoms with Gasteiger partial charge in [0.25, 0.3) is 0 Å². The van der Waals surface area contributed by atoms with Gasteiger partial charge in [-0.15, -0.1) is 0 Å². The van der Waals surface area contributed by atoms with Crippen LogP contribution in [0.25, 0.3) is 200 Å². The fraction of sp³-hybridized carbons (Fsp3) is 0. The van der Waals surface area contributed by atoms with Gasteiger partial charge >= 0.3 is 0 Å². The van der Waals surface area contributed by atoms with Crippen LogP contribution in [-0.2, 0) is 0 Å². The van der Waals surface area contributed by atoms with Crippen LogP contribution in [0.15, 0.2) is 407 Å². The molecule has 22 aromatic rings. The lowest BCUT2D eigenvalue weighted by atomic mass is 9.94. The molecule has 0 radical (unpaired) electrons. The number of para-hydroxylation sites is 6. The van der Waals surface area contributed by atoms with Crippen LogP contribution in [-0.4, -0.2) is 43.2 Å². The van der Waals surface area contributed by atoms with Gasteiger partial charge in [0.05, 0.1) is 61.2 Å². The van der Waals surface area contributed by atoms with Crippen molar-refractivity contribution in [1.82, 2.24) is 43.2 Å². The van der Waals surface area contributed by atoms with Gasteiger partial charge < -0.3 is 18.3 Å². The molecule has 0 spiro atoms. The van der Waals surface area contributed by atoms with Crippen molar-refractivity contribution in [1.29, 1.82) is 0 Å². The number of hydrogen-bond donors (Lipinski definition) is 0. The van der Waals surface area contributed by atoms with Crippen LogP contribution in [0, 0.1) is 0 Å². The molecule has 0 aliphatic heterocycles. The van der Waals surface area contributed by atoms with Crippen molar-refractivity contribution >= 4 is 87.2 Å². The van der Waals surface area contributed by atoms with Gasteiger partial charge in [-0.25, -0.2) is 24.9 Å². The number of hydrogen-bond acceptors (Lipinski definition) is 5. The lowest BCUT2D eigenvalue weighted by molar-refractivity contribution is 1.13. The Morgan fingerprint density at radius 1 is 0.179 bits per heavy atom. The summed E-state index contributed by atoms with van der Waals surface area (Å²) < 4.78 is 9.28. The van der Waals surface area contributed by atoms with E-state index in [1.165, 1.54) is 71.0 Å². The van der Waals surface area contributed by atoms with Crippen molar-refractivity contribution in [3.05, 3.63) is 407 Å². The molecule has 7 aromatic heterocycles. The number of aromatic nitrogens is 9. The lowest BCUT2D eigenvalue weighted by Gasteiger charge is -2.14. The zero-order valence-corrected chi connectivity index (χ0v) is 60.7. The van der Waals surface area contributed by atoms with Gasteiger partial charge in [-0.05, 0) is 197 Å². The minimum Gasteiger partial charge on any atom is -0.317 e. The van der Waals surface area contributed by atoms with E-state index in [1.54, 1.807) is 0 Å². The Morgan fingerprint density at radius 2 is 0.518 bits per heavy atom. The third-order valence-electron chi connectivity index (χ3n) is 21.7. The van der Waals surface area contributed by atoms with Gasteiger partial charge in [-0.1, -0.05) is 231 Å². The number of benzene rings is 15. The van der Waals surface area contributed by atoms with Gasteiger partial charge in [-0.3, -0.25) is 0 Å². The largest absolute Gasteiger partial charge is 0.317 e. The summed E-state index contributed by atoms with van der Waals surface area (Å²) >= 11 is 0. The molecule has 0 saturated carbocycles. The number of pyridine rings is 1. The molecule has 0 bridgehead atoms. The van der Waals surface area contributed by atoms with E-state index in [0.717, 1.165) is 117 Å². The van der Waals surface area contributed by atoms with Crippen molar-refractivity contribution in [3.63, 3.8) is 0 Å². The topological polar surface area (TPSA) is 84.2 Å². The Hall–Kier alpha value is -15.2. The van der Waals surface area contributed by atoms with E-state index in [2.05, 4.69) is 401 Å². The highest BCUT2D eigenvalue weighted by Crippen LogP contribution is 2.43. The van der Waals surface area contributed by atoms with Crippen LogP contribution in [0.1, 0.15) is 0 Å². The molecular weight excluding hydrogens is 1360 g/mol. The summed E-state index contributed by atoms with van der Waals surface area (Å²) in [5.41, 5.74) is 27.6. The monoisotopic (exact) mass is 1430 g/mol. The first-order valence-electron chi connectivity index (χ1n) is 37.9. The van der Waals surface area contributed by atoms with E-state index < -0.39 is 0 Å². The molecule has 0 amide bonds. The maximum Gasteiger partial charge on any atom is 0.160 e. The van der Waals surface area contributed by atoms with Crippen molar-refractivity contribution in [2.75, 3.05) is 0 Å². The van der Waals surface area contributed by atoms with E-state index in [-0.39, 0.29) is 0 Å². The predicted octanol–water partition coefficient (Wildman–Crippen LogP) is 26.1. The zero-order chi connectivity index (χ0) is 74.0. The Balaban J connectivity index is 0.000000141. The first kappa shape index (κ1) is 65.1. The summed E-state index contributed by atoms with van der Waals surface area (Å²) in [6, 6.07) is 139. The smallest absolute Gasteiger partial charge is 0.160 e. The van der Waals surface area contributed by atoms with E-state index in [4.69, 9.17) is 24.9 Å². The predicted molar refractivity (Wildman–Crippen MR) is 463 cm³/mol. The van der Waals surface area contributed by atoms with Gasteiger partial charge in [0, 0.05) is 100 Å². The molecule has 9 heteroatoms. The molecule has 0 aliphatic rings. The minimum absolute atomic E-state index is 0.657. The third-order valence-corrected chi connectivity index (χ3v) is 21.7. The number of fused-ring (bicyclic) bond motifs is 12. The second-order valence-electron chi connectivity index (χ2n) is 28.3. The fourth-order valence-electron chi connectivity index (χ4n) is 16.5. The maximum absolute atomic E-state index is 5.34. The molecule has 0 fully saturated rings. The highest BCUT2D eigenvalue weighted by atomic mass is 15.0. The van der Waals surface area contributed by atoms with E-state index in [1.807, 2.05) is 24.3 Å². The summed E-state index contributed by atoms with van der Waals surface area (Å²) in [5, 5.41) is 9.42. The number of rotatable bonds is 12. The van der Waals surface area contributed by atoms with Gasteiger partial charge in [0.2, 0.25) is 0 Å². The lowest BCUT2D eigenvalue weighted by Crippen LogP contribution is -1.99. The Kier molecular flexibility index (Phi) is 16.0. The molecule has 7 heterocycles. The maximum atomic E-state index is 5.34. The summed E-state index contributed by atoms with van der Waals surface area (Å²) in [6.45, 7) is 0. The first-order chi connectivity index (χ1) is 55.5. The van der Waals surface area contributed by atoms with Crippen LogP contribution in [0.3, 0.4) is 0 Å². The molecule has 0 saturated heterocycles. The molecule has 9 nitrogen and oxygen atoms in total. The van der Waals surface area contributed by atoms with Crippen LogP contribution in [0.4, 0.5) is 0 Å². The van der Waals surface area contributed by atoms with Gasteiger partial charge in [0.15, 0.2) is 11.6 Å². The van der Waals surface area contributed by atoms with Crippen LogP contribution < -0.4 is 0 Å². The third kappa shape index (κ3) is 11.5. The SMILES string of the molecule is c1ccc(-c2cc(-c3ccccc3)cc(-c3nc(-c4ccc(-n5c6ccccc6c6c7ccn(-c8ccccc8)c7ccc65)cc4)nc4ccccc34)c2)cc1.c1ccc(-c2cc(-c3ccccc3)nc(-c3nc(-c4ccc(-n5c6ccccc6c6c7ccn(-c8ccccc8)c7ccc65)cc4)nc4ccccc34)c2)cc1. The van der Waals surface area contributed by atoms with E-state index in [9.17, 15) is 0 Å². The van der Waals surface area contributed by atoms with E-state index >= 15 is 0 Å². The Morgan fingerprint density at radius 3 is 0.973 bits per heavy atom. The average Bonchev–Trinajstić information content (AvgIpc) is 1.57. The fourth-order valence-corrected chi connectivity index (χ4v) is 16.5. The van der Waals surface area contributed by atoms with Crippen molar-refractivity contribution in [2.45, 2.75) is 0 Å². The highest BCUT2D eigenvalue weighted by Gasteiger charge is 2.23. The first-order valence-corrected chi connectivity index (χ1v) is 37.9. The van der Waals surface area contributed by atoms with Crippen LogP contribution in [0.2, 0.25) is 0 Å². The Labute approximate surface area is 645 Å². The quantitative estimate of drug-likeness (QED) is 0.122. The molecule has 0 unspecified atom stereocenters. The molecule has 524 valence electrons. The summed E-state index contributed by atoms with van der Waals surface area (Å²) in [6.07, 6.45) is 4.35. The molecule has 15 aromatic carbocycles. The van der Waals surface area contributed by atoms with Gasteiger partial charge in [0.1, 0.15) is 5.69 Å². The summed E-state index contributed by atoms with van der Waals surface area (Å²) in [5.74, 6) is 1.35. The second kappa shape index (κ2) is 27.5. The standard InChI is InChI=1S/C52H34N4.C51H33N5/c1-4-14-35(15-5-1)38-32-39(36-16-6-2-7-17-36)34-40(33-38)51-43-20-10-12-22-46(43)53-52(54-51)37-24-26-42(27-25-37)56-48-23-13-11-21-44(48)50-45-30-31-55(41-18-8-3-9-19-41)47(45)28-29-49(50)56;1-4-14-34(15-5-1)37-32-44(35-16-6-2-7-17-35)52-45(33-37)50-40-20-10-12-22-43(40)53-51(54-50)36-24-26-39(27-25-36)56-47-23-13-11-21-41(47)49-42-30-31-55(38-18-8-3-9-19-38)46(42)28-29-48(49)56/h1-34H;1-33H. The zero-order valence-electron chi connectivity index (χ0n) is 60.7.